The molecule has 2 N–H and O–H groups in total. The van der Waals surface area contributed by atoms with Gasteiger partial charge in [0, 0.05) is 32.8 Å². The number of carbonyl (C=O) groups is 2. The molecule has 0 spiro atoms. The number of carbonyl (C=O) groups excluding carboxylic acids is 1. The number of carboxylic acid groups (broad SMARTS) is 1. The van der Waals surface area contributed by atoms with Crippen molar-refractivity contribution in [2.75, 3.05) is 26.8 Å². The molecule has 18 heavy (non-hydrogen) atoms. The molecule has 0 unspecified atom stereocenters. The number of nitrogens with zero attached hydrogens (tertiary/aromatic N) is 1. The fourth-order valence-electron chi connectivity index (χ4n) is 1.83. The molecule has 0 aromatic carbocycles. The van der Waals surface area contributed by atoms with Crippen molar-refractivity contribution in [2.45, 2.75) is 32.7 Å². The van der Waals surface area contributed by atoms with Crippen LogP contribution in [0.25, 0.3) is 0 Å². The standard InChI is InChI=1S/C12H22N2O4/c1-9(2)14(3)11(17)13-8-12(10(15)16)4-6-18-7-5-12/h9H,4-8H2,1-3H3,(H,13,17)(H,15,16). The SMILES string of the molecule is CC(C)N(C)C(=O)NCC1(C(=O)O)CCOCC1. The molecule has 0 saturated carbocycles. The molecule has 1 aliphatic heterocycles. The lowest BCUT2D eigenvalue weighted by Crippen LogP contribution is -2.50. The van der Waals surface area contributed by atoms with Gasteiger partial charge < -0.3 is 20.1 Å². The van der Waals surface area contributed by atoms with E-state index in [0.717, 1.165) is 0 Å². The first-order chi connectivity index (χ1) is 8.39. The van der Waals surface area contributed by atoms with Gasteiger partial charge in [0.25, 0.3) is 0 Å². The van der Waals surface area contributed by atoms with Crippen LogP contribution in [-0.4, -0.2) is 54.9 Å². The number of rotatable bonds is 4. The van der Waals surface area contributed by atoms with Gasteiger partial charge in [0.15, 0.2) is 0 Å². The third-order valence-electron chi connectivity index (χ3n) is 3.58. The number of amides is 2. The molecule has 1 rings (SSSR count). The molecule has 0 radical (unpaired) electrons. The van der Waals surface area contributed by atoms with Crippen LogP contribution in [0.3, 0.4) is 0 Å². The van der Waals surface area contributed by atoms with Crippen molar-refractivity contribution < 1.29 is 19.4 Å². The molecule has 1 fully saturated rings. The highest BCUT2D eigenvalue weighted by Gasteiger charge is 2.40. The maximum Gasteiger partial charge on any atom is 0.317 e. The maximum atomic E-state index is 11.8. The van der Waals surface area contributed by atoms with Gasteiger partial charge >= 0.3 is 12.0 Å². The van der Waals surface area contributed by atoms with E-state index in [4.69, 9.17) is 4.74 Å². The van der Waals surface area contributed by atoms with E-state index in [9.17, 15) is 14.7 Å². The summed E-state index contributed by atoms with van der Waals surface area (Å²) in [7, 11) is 1.69. The largest absolute Gasteiger partial charge is 0.481 e. The van der Waals surface area contributed by atoms with Gasteiger partial charge in [-0.15, -0.1) is 0 Å². The Hall–Kier alpha value is -1.30. The van der Waals surface area contributed by atoms with Gasteiger partial charge in [0.1, 0.15) is 0 Å². The summed E-state index contributed by atoms with van der Waals surface area (Å²) in [5, 5.41) is 12.0. The fourth-order valence-corrected chi connectivity index (χ4v) is 1.83. The van der Waals surface area contributed by atoms with E-state index in [1.165, 1.54) is 0 Å². The first-order valence-corrected chi connectivity index (χ1v) is 6.21. The van der Waals surface area contributed by atoms with Crippen molar-refractivity contribution in [2.24, 2.45) is 5.41 Å². The van der Waals surface area contributed by atoms with Crippen molar-refractivity contribution in [3.63, 3.8) is 0 Å². The highest BCUT2D eigenvalue weighted by molar-refractivity contribution is 5.78. The smallest absolute Gasteiger partial charge is 0.317 e. The molecule has 0 bridgehead atoms. The first kappa shape index (κ1) is 14.8. The third-order valence-corrected chi connectivity index (χ3v) is 3.58. The van der Waals surface area contributed by atoms with Gasteiger partial charge in [-0.3, -0.25) is 4.79 Å². The van der Waals surface area contributed by atoms with E-state index in [0.29, 0.717) is 26.1 Å². The summed E-state index contributed by atoms with van der Waals surface area (Å²) in [5.74, 6) is -0.863. The highest BCUT2D eigenvalue weighted by atomic mass is 16.5. The molecular formula is C12H22N2O4. The Bertz CT molecular complexity index is 311. The Balaban J connectivity index is 2.58. The van der Waals surface area contributed by atoms with Crippen molar-refractivity contribution in [1.29, 1.82) is 0 Å². The number of urea groups is 1. The monoisotopic (exact) mass is 258 g/mol. The second-order valence-electron chi connectivity index (χ2n) is 5.06. The number of hydrogen-bond acceptors (Lipinski definition) is 3. The molecule has 1 aliphatic rings. The minimum atomic E-state index is -0.883. The van der Waals surface area contributed by atoms with Crippen molar-refractivity contribution in [1.82, 2.24) is 10.2 Å². The van der Waals surface area contributed by atoms with Crippen LogP contribution in [0.1, 0.15) is 26.7 Å². The van der Waals surface area contributed by atoms with Gasteiger partial charge in [-0.2, -0.15) is 0 Å². The molecular weight excluding hydrogens is 236 g/mol. The first-order valence-electron chi connectivity index (χ1n) is 6.21. The van der Waals surface area contributed by atoms with Crippen molar-refractivity contribution in [3.05, 3.63) is 0 Å². The zero-order chi connectivity index (χ0) is 13.8. The van der Waals surface area contributed by atoms with Crippen LogP contribution in [0.15, 0.2) is 0 Å². The molecule has 0 atom stereocenters. The average Bonchev–Trinajstić information content (AvgIpc) is 2.35. The van der Waals surface area contributed by atoms with E-state index < -0.39 is 11.4 Å². The lowest BCUT2D eigenvalue weighted by molar-refractivity contribution is -0.154. The van der Waals surface area contributed by atoms with Crippen LogP contribution in [0.5, 0.6) is 0 Å². The van der Waals surface area contributed by atoms with Crippen LogP contribution in [-0.2, 0) is 9.53 Å². The van der Waals surface area contributed by atoms with Crippen molar-refractivity contribution >= 4 is 12.0 Å². The van der Waals surface area contributed by atoms with Crippen LogP contribution < -0.4 is 5.32 Å². The second-order valence-corrected chi connectivity index (χ2v) is 5.06. The van der Waals surface area contributed by atoms with Gasteiger partial charge in [0.05, 0.1) is 5.41 Å². The Labute approximate surface area is 107 Å². The van der Waals surface area contributed by atoms with Gasteiger partial charge in [-0.25, -0.2) is 4.79 Å². The zero-order valence-electron chi connectivity index (χ0n) is 11.2. The predicted octanol–water partition coefficient (Wildman–Crippen LogP) is 0.918. The summed E-state index contributed by atoms with van der Waals surface area (Å²) >= 11 is 0. The van der Waals surface area contributed by atoms with Gasteiger partial charge in [-0.05, 0) is 26.7 Å². The summed E-state index contributed by atoms with van der Waals surface area (Å²) in [6, 6.07) is -0.155. The summed E-state index contributed by atoms with van der Waals surface area (Å²) in [6.07, 6.45) is 0.877. The van der Waals surface area contributed by atoms with E-state index in [2.05, 4.69) is 5.32 Å². The summed E-state index contributed by atoms with van der Waals surface area (Å²) in [6.45, 7) is 4.83. The summed E-state index contributed by atoms with van der Waals surface area (Å²) in [5.41, 5.74) is -0.883. The number of hydrogen-bond donors (Lipinski definition) is 2. The van der Waals surface area contributed by atoms with E-state index in [1.807, 2.05) is 13.8 Å². The van der Waals surface area contributed by atoms with Crippen LogP contribution in [0, 0.1) is 5.41 Å². The molecule has 6 nitrogen and oxygen atoms in total. The molecule has 104 valence electrons. The van der Waals surface area contributed by atoms with Gasteiger partial charge in [-0.1, -0.05) is 0 Å². The topological polar surface area (TPSA) is 78.9 Å². The van der Waals surface area contributed by atoms with E-state index in [1.54, 1.807) is 11.9 Å². The van der Waals surface area contributed by atoms with E-state index in [-0.39, 0.29) is 18.6 Å². The number of aliphatic carboxylic acids is 1. The molecule has 0 aromatic rings. The lowest BCUT2D eigenvalue weighted by Gasteiger charge is -2.34. The number of nitrogens with one attached hydrogen (secondary N) is 1. The molecule has 0 aliphatic carbocycles. The van der Waals surface area contributed by atoms with Crippen LogP contribution in [0.2, 0.25) is 0 Å². The normalized spacial score (nSPS) is 18.4. The number of carboxylic acids is 1. The van der Waals surface area contributed by atoms with Crippen LogP contribution in [0.4, 0.5) is 4.79 Å². The fraction of sp³-hybridized carbons (Fsp3) is 0.833. The molecule has 0 aromatic heterocycles. The Morgan fingerprint density at radius 1 is 1.39 bits per heavy atom. The Morgan fingerprint density at radius 3 is 2.39 bits per heavy atom. The minimum Gasteiger partial charge on any atom is -0.481 e. The quantitative estimate of drug-likeness (QED) is 0.786. The summed E-state index contributed by atoms with van der Waals surface area (Å²) in [4.78, 5) is 24.7. The summed E-state index contributed by atoms with van der Waals surface area (Å²) < 4.78 is 5.18. The zero-order valence-corrected chi connectivity index (χ0v) is 11.2. The Morgan fingerprint density at radius 2 is 1.94 bits per heavy atom. The lowest BCUT2D eigenvalue weighted by atomic mass is 9.80. The Kier molecular flexibility index (Phi) is 4.95. The molecule has 1 saturated heterocycles. The predicted molar refractivity (Wildman–Crippen MR) is 66.4 cm³/mol. The highest BCUT2D eigenvalue weighted by Crippen LogP contribution is 2.30. The molecule has 6 heteroatoms. The van der Waals surface area contributed by atoms with E-state index >= 15 is 0 Å². The third kappa shape index (κ3) is 3.35. The second kappa shape index (κ2) is 6.04. The van der Waals surface area contributed by atoms with Gasteiger partial charge in [0.2, 0.25) is 0 Å². The maximum absolute atomic E-state index is 11.8. The minimum absolute atomic E-state index is 0.0838. The van der Waals surface area contributed by atoms with Crippen molar-refractivity contribution in [3.8, 4) is 0 Å². The van der Waals surface area contributed by atoms with Crippen LogP contribution >= 0.6 is 0 Å². The number of ether oxygens (including phenoxy) is 1. The molecule has 1 heterocycles. The average molecular weight is 258 g/mol. The molecule has 2 amide bonds.